The van der Waals surface area contributed by atoms with Crippen molar-refractivity contribution in [2.45, 2.75) is 6.92 Å². The molecule has 6 nitrogen and oxygen atoms in total. The van der Waals surface area contributed by atoms with Crippen molar-refractivity contribution in [3.05, 3.63) is 64.8 Å². The van der Waals surface area contributed by atoms with E-state index in [2.05, 4.69) is 20.1 Å². The molecular formula is C23H25ClN4O2. The molecular weight excluding hydrogens is 400 g/mol. The number of ketones is 1. The average molecular weight is 425 g/mol. The van der Waals surface area contributed by atoms with Crippen molar-refractivity contribution in [1.29, 1.82) is 0 Å². The molecule has 2 heterocycles. The van der Waals surface area contributed by atoms with Gasteiger partial charge in [0.1, 0.15) is 0 Å². The summed E-state index contributed by atoms with van der Waals surface area (Å²) in [5, 5.41) is 4.37. The van der Waals surface area contributed by atoms with E-state index in [-0.39, 0.29) is 11.7 Å². The highest BCUT2D eigenvalue weighted by Gasteiger charge is 2.23. The minimum absolute atomic E-state index is 0.0814. The Hall–Kier alpha value is -2.67. The highest BCUT2D eigenvalue weighted by molar-refractivity contribution is 6.33. The molecule has 1 aliphatic heterocycles. The van der Waals surface area contributed by atoms with Gasteiger partial charge in [0.05, 0.1) is 23.8 Å². The molecule has 3 aromatic rings. The molecule has 2 aromatic carbocycles. The third-order valence-corrected chi connectivity index (χ3v) is 5.85. The van der Waals surface area contributed by atoms with Crippen LogP contribution >= 0.6 is 11.6 Å². The molecule has 1 aromatic heterocycles. The van der Waals surface area contributed by atoms with Gasteiger partial charge in [-0.3, -0.25) is 19.4 Å². The fourth-order valence-corrected chi connectivity index (χ4v) is 4.16. The van der Waals surface area contributed by atoms with E-state index >= 15 is 0 Å². The summed E-state index contributed by atoms with van der Waals surface area (Å²) in [4.78, 5) is 32.8. The van der Waals surface area contributed by atoms with E-state index < -0.39 is 0 Å². The van der Waals surface area contributed by atoms with Crippen LogP contribution in [0.3, 0.4) is 0 Å². The Balaban J connectivity index is 1.29. The SMILES string of the molecule is Cc1[nH]c2ccccc2c1C(=O)CN1CCN(CC(=O)Nc2ccccc2Cl)CC1. The zero-order chi connectivity index (χ0) is 21.1. The molecule has 0 unspecified atom stereocenters. The Morgan fingerprint density at radius 2 is 1.60 bits per heavy atom. The summed E-state index contributed by atoms with van der Waals surface area (Å²) in [7, 11) is 0. The first-order chi connectivity index (χ1) is 14.5. The number of benzene rings is 2. The highest BCUT2D eigenvalue weighted by atomic mass is 35.5. The summed E-state index contributed by atoms with van der Waals surface area (Å²) in [6, 6.07) is 15.1. The van der Waals surface area contributed by atoms with Crippen LogP contribution in [-0.2, 0) is 4.79 Å². The summed E-state index contributed by atoms with van der Waals surface area (Å²) in [5.41, 5.74) is 3.32. The summed E-state index contributed by atoms with van der Waals surface area (Å²) in [6.45, 7) is 5.66. The highest BCUT2D eigenvalue weighted by Crippen LogP contribution is 2.23. The number of nitrogens with one attached hydrogen (secondary N) is 2. The Bertz CT molecular complexity index is 1070. The van der Waals surface area contributed by atoms with Gasteiger partial charge in [-0.25, -0.2) is 0 Å². The number of aromatic nitrogens is 1. The van der Waals surface area contributed by atoms with Gasteiger partial charge in [-0.15, -0.1) is 0 Å². The normalized spacial score (nSPS) is 15.4. The lowest BCUT2D eigenvalue weighted by Crippen LogP contribution is -2.49. The number of anilines is 1. The van der Waals surface area contributed by atoms with Gasteiger partial charge < -0.3 is 10.3 Å². The van der Waals surface area contributed by atoms with Crippen molar-refractivity contribution in [1.82, 2.24) is 14.8 Å². The van der Waals surface area contributed by atoms with Crippen molar-refractivity contribution in [3.63, 3.8) is 0 Å². The largest absolute Gasteiger partial charge is 0.358 e. The quantitative estimate of drug-likeness (QED) is 0.593. The number of rotatable bonds is 6. The van der Waals surface area contributed by atoms with Gasteiger partial charge in [0.2, 0.25) is 5.91 Å². The number of Topliss-reactive ketones (excluding diaryl/α,β-unsaturated/α-hetero) is 1. The van der Waals surface area contributed by atoms with Gasteiger partial charge in [0, 0.05) is 48.3 Å². The Morgan fingerprint density at radius 1 is 0.967 bits per heavy atom. The fraction of sp³-hybridized carbons (Fsp3) is 0.304. The number of piperazine rings is 1. The van der Waals surface area contributed by atoms with E-state index in [0.717, 1.165) is 48.3 Å². The lowest BCUT2D eigenvalue weighted by atomic mass is 10.1. The Kier molecular flexibility index (Phi) is 6.18. The van der Waals surface area contributed by atoms with Crippen LogP contribution in [-0.4, -0.2) is 65.7 Å². The number of amides is 1. The maximum absolute atomic E-state index is 13.0. The van der Waals surface area contributed by atoms with Crippen LogP contribution in [0.4, 0.5) is 5.69 Å². The maximum Gasteiger partial charge on any atom is 0.238 e. The maximum atomic E-state index is 13.0. The predicted octanol–water partition coefficient (Wildman–Crippen LogP) is 3.57. The van der Waals surface area contributed by atoms with Gasteiger partial charge in [-0.2, -0.15) is 0 Å². The lowest BCUT2D eigenvalue weighted by molar-refractivity contribution is -0.117. The first kappa shape index (κ1) is 20.6. The third kappa shape index (κ3) is 4.56. The second kappa shape index (κ2) is 9.00. The molecule has 0 aliphatic carbocycles. The average Bonchev–Trinajstić information content (AvgIpc) is 3.07. The minimum atomic E-state index is -0.0814. The third-order valence-electron chi connectivity index (χ3n) is 5.52. The molecule has 0 spiro atoms. The van der Waals surface area contributed by atoms with Gasteiger partial charge in [0.15, 0.2) is 5.78 Å². The molecule has 0 atom stereocenters. The topological polar surface area (TPSA) is 68.4 Å². The van der Waals surface area contributed by atoms with Crippen LogP contribution in [0.5, 0.6) is 0 Å². The number of carbonyl (C=O) groups is 2. The molecule has 4 rings (SSSR count). The minimum Gasteiger partial charge on any atom is -0.358 e. The number of para-hydroxylation sites is 2. The molecule has 1 saturated heterocycles. The molecule has 1 fully saturated rings. The van der Waals surface area contributed by atoms with Crippen LogP contribution < -0.4 is 5.32 Å². The van der Waals surface area contributed by atoms with Gasteiger partial charge in [0.25, 0.3) is 0 Å². The number of hydrogen-bond donors (Lipinski definition) is 2. The smallest absolute Gasteiger partial charge is 0.238 e. The van der Waals surface area contributed by atoms with Crippen molar-refractivity contribution in [2.75, 3.05) is 44.6 Å². The monoisotopic (exact) mass is 424 g/mol. The zero-order valence-corrected chi connectivity index (χ0v) is 17.7. The molecule has 0 radical (unpaired) electrons. The van der Waals surface area contributed by atoms with Crippen LogP contribution in [0.25, 0.3) is 10.9 Å². The summed E-state index contributed by atoms with van der Waals surface area (Å²) >= 11 is 6.10. The van der Waals surface area contributed by atoms with Crippen molar-refractivity contribution < 1.29 is 9.59 Å². The second-order valence-corrected chi connectivity index (χ2v) is 8.08. The standard InChI is InChI=1S/C23H25ClN4O2/c1-16-23(17-6-2-4-8-19(17)25-16)21(29)14-27-10-12-28(13-11-27)15-22(30)26-20-9-5-3-7-18(20)24/h2-9,25H,10-15H2,1H3,(H,26,30). The number of nitrogens with zero attached hydrogens (tertiary/aromatic N) is 2. The van der Waals surface area contributed by atoms with Crippen molar-refractivity contribution in [3.8, 4) is 0 Å². The molecule has 30 heavy (non-hydrogen) atoms. The number of halogens is 1. The number of hydrogen-bond acceptors (Lipinski definition) is 4. The summed E-state index contributed by atoms with van der Waals surface area (Å²) < 4.78 is 0. The summed E-state index contributed by atoms with van der Waals surface area (Å²) in [6.07, 6.45) is 0. The van der Waals surface area contributed by atoms with E-state index in [0.29, 0.717) is 23.8 Å². The first-order valence-corrected chi connectivity index (χ1v) is 10.5. The van der Waals surface area contributed by atoms with E-state index in [1.54, 1.807) is 12.1 Å². The zero-order valence-electron chi connectivity index (χ0n) is 17.0. The van der Waals surface area contributed by atoms with Crippen LogP contribution in [0, 0.1) is 6.92 Å². The van der Waals surface area contributed by atoms with Gasteiger partial charge in [-0.05, 0) is 25.1 Å². The number of aryl methyl sites for hydroxylation is 1. The molecule has 1 aliphatic rings. The first-order valence-electron chi connectivity index (χ1n) is 10.1. The van der Waals surface area contributed by atoms with Gasteiger partial charge >= 0.3 is 0 Å². The molecule has 0 bridgehead atoms. The van der Waals surface area contributed by atoms with E-state index in [4.69, 9.17) is 11.6 Å². The fourth-order valence-electron chi connectivity index (χ4n) is 3.98. The van der Waals surface area contributed by atoms with Crippen LogP contribution in [0.1, 0.15) is 16.1 Å². The number of aromatic amines is 1. The van der Waals surface area contributed by atoms with Crippen LogP contribution in [0.15, 0.2) is 48.5 Å². The van der Waals surface area contributed by atoms with E-state index in [1.807, 2.05) is 43.3 Å². The number of H-pyrrole nitrogens is 1. The van der Waals surface area contributed by atoms with E-state index in [1.165, 1.54) is 0 Å². The van der Waals surface area contributed by atoms with Crippen molar-refractivity contribution >= 4 is 39.9 Å². The number of fused-ring (bicyclic) bond motifs is 1. The Morgan fingerprint density at radius 3 is 2.33 bits per heavy atom. The predicted molar refractivity (Wildman–Crippen MR) is 120 cm³/mol. The summed E-state index contributed by atoms with van der Waals surface area (Å²) in [5.74, 6) is 0.0527. The Labute approximate surface area is 180 Å². The van der Waals surface area contributed by atoms with Gasteiger partial charge in [-0.1, -0.05) is 41.9 Å². The van der Waals surface area contributed by atoms with E-state index in [9.17, 15) is 9.59 Å². The molecule has 2 N–H and O–H groups in total. The number of carbonyl (C=O) groups excluding carboxylic acids is 2. The lowest BCUT2D eigenvalue weighted by Gasteiger charge is -2.33. The molecule has 0 saturated carbocycles. The van der Waals surface area contributed by atoms with Crippen LogP contribution in [0.2, 0.25) is 5.02 Å². The molecule has 1 amide bonds. The second-order valence-electron chi connectivity index (χ2n) is 7.67. The molecule has 156 valence electrons. The molecule has 7 heteroatoms. The van der Waals surface area contributed by atoms with Crippen molar-refractivity contribution in [2.24, 2.45) is 0 Å².